The van der Waals surface area contributed by atoms with Gasteiger partial charge < -0.3 is 5.32 Å². The maximum Gasteiger partial charge on any atom is 0.243 e. The molecule has 2 aromatic rings. The van der Waals surface area contributed by atoms with Crippen molar-refractivity contribution in [2.24, 2.45) is 0 Å². The summed E-state index contributed by atoms with van der Waals surface area (Å²) in [5.41, 5.74) is 1.46. The van der Waals surface area contributed by atoms with Gasteiger partial charge in [0.2, 0.25) is 15.9 Å². The summed E-state index contributed by atoms with van der Waals surface area (Å²) in [7, 11) is -1.73. The van der Waals surface area contributed by atoms with E-state index in [-0.39, 0.29) is 17.3 Å². The molecule has 0 aliphatic carbocycles. The number of halogens is 1. The van der Waals surface area contributed by atoms with E-state index in [1.54, 1.807) is 32.0 Å². The average Bonchev–Trinajstić information content (AvgIpc) is 2.62. The number of amides is 1. The number of carbonyl (C=O) groups is 1. The van der Waals surface area contributed by atoms with E-state index in [9.17, 15) is 13.2 Å². The first-order valence-corrected chi connectivity index (χ1v) is 10.9. The highest BCUT2D eigenvalue weighted by Crippen LogP contribution is 2.19. The Balaban J connectivity index is 2.02. The number of benzene rings is 2. The van der Waals surface area contributed by atoms with Crippen LogP contribution in [0.2, 0.25) is 5.02 Å². The van der Waals surface area contributed by atoms with E-state index in [1.165, 1.54) is 16.4 Å². The zero-order valence-electron chi connectivity index (χ0n) is 16.4. The third-order valence-electron chi connectivity index (χ3n) is 4.22. The van der Waals surface area contributed by atoms with Crippen molar-refractivity contribution in [2.45, 2.75) is 25.3 Å². The van der Waals surface area contributed by atoms with Crippen LogP contribution in [0.1, 0.15) is 19.4 Å². The van der Waals surface area contributed by atoms with Gasteiger partial charge in [0, 0.05) is 30.3 Å². The minimum Gasteiger partial charge on any atom is -0.325 e. The van der Waals surface area contributed by atoms with E-state index in [1.807, 2.05) is 30.1 Å². The summed E-state index contributed by atoms with van der Waals surface area (Å²) in [6, 6.07) is 13.8. The van der Waals surface area contributed by atoms with E-state index in [4.69, 9.17) is 11.6 Å². The van der Waals surface area contributed by atoms with Crippen LogP contribution in [0, 0.1) is 0 Å². The van der Waals surface area contributed by atoms with Gasteiger partial charge in [-0.3, -0.25) is 9.69 Å². The minimum absolute atomic E-state index is 0.166. The Morgan fingerprint density at radius 3 is 2.39 bits per heavy atom. The minimum atomic E-state index is -3.57. The van der Waals surface area contributed by atoms with Gasteiger partial charge >= 0.3 is 0 Å². The maximum absolute atomic E-state index is 12.6. The Hall–Kier alpha value is -1.93. The topological polar surface area (TPSA) is 69.7 Å². The third kappa shape index (κ3) is 6.04. The molecular formula is C20H26ClN3O3S. The van der Waals surface area contributed by atoms with Gasteiger partial charge in [-0.2, -0.15) is 4.31 Å². The van der Waals surface area contributed by atoms with E-state index in [2.05, 4.69) is 5.32 Å². The molecule has 0 saturated carbocycles. The average molecular weight is 424 g/mol. The Morgan fingerprint density at radius 2 is 1.75 bits per heavy atom. The van der Waals surface area contributed by atoms with Gasteiger partial charge in [-0.05, 0) is 42.9 Å². The molecule has 0 saturated heterocycles. The maximum atomic E-state index is 12.6. The van der Waals surface area contributed by atoms with Gasteiger partial charge in [0.15, 0.2) is 0 Å². The number of anilines is 1. The van der Waals surface area contributed by atoms with E-state index < -0.39 is 10.0 Å². The number of likely N-dealkylation sites (N-methyl/N-ethyl adjacent to an activating group) is 1. The molecule has 2 rings (SSSR count). The Morgan fingerprint density at radius 1 is 1.07 bits per heavy atom. The quantitative estimate of drug-likeness (QED) is 0.670. The fourth-order valence-corrected chi connectivity index (χ4v) is 4.61. The van der Waals surface area contributed by atoms with Crippen LogP contribution >= 0.6 is 11.6 Å². The Labute approximate surface area is 172 Å². The highest BCUT2D eigenvalue weighted by molar-refractivity contribution is 7.89. The highest BCUT2D eigenvalue weighted by Gasteiger charge is 2.21. The van der Waals surface area contributed by atoms with Gasteiger partial charge in [-0.25, -0.2) is 8.42 Å². The molecule has 1 amide bonds. The van der Waals surface area contributed by atoms with Crippen LogP contribution in [-0.2, 0) is 21.4 Å². The molecule has 0 aliphatic heterocycles. The van der Waals surface area contributed by atoms with Crippen LogP contribution < -0.4 is 5.32 Å². The largest absolute Gasteiger partial charge is 0.325 e. The van der Waals surface area contributed by atoms with Gasteiger partial charge in [-0.15, -0.1) is 0 Å². The second kappa shape index (κ2) is 10.0. The van der Waals surface area contributed by atoms with Crippen LogP contribution in [0.4, 0.5) is 5.69 Å². The number of carbonyl (C=O) groups excluding carboxylic acids is 1. The number of hydrogen-bond acceptors (Lipinski definition) is 4. The molecule has 2 aromatic carbocycles. The molecule has 0 unspecified atom stereocenters. The predicted octanol–water partition coefficient (Wildman–Crippen LogP) is 3.44. The molecule has 0 fully saturated rings. The summed E-state index contributed by atoms with van der Waals surface area (Å²) in [5.74, 6) is -0.220. The van der Waals surface area contributed by atoms with Gasteiger partial charge in [0.05, 0.1) is 11.4 Å². The van der Waals surface area contributed by atoms with Crippen molar-refractivity contribution in [3.8, 4) is 0 Å². The molecule has 1 N–H and O–H groups in total. The van der Waals surface area contributed by atoms with Crippen molar-refractivity contribution in [3.05, 3.63) is 59.1 Å². The van der Waals surface area contributed by atoms with Crippen LogP contribution in [0.15, 0.2) is 53.4 Å². The standard InChI is InChI=1S/C20H26ClN3O3S/c1-4-24(5-2)28(26,27)19-11-7-10-18(13-19)22-20(25)15-23(3)14-16-8-6-9-17(21)12-16/h6-13H,4-5,14-15H2,1-3H3,(H,22,25). The van der Waals surface area contributed by atoms with Gasteiger partial charge in [0.1, 0.15) is 0 Å². The Kier molecular flexibility index (Phi) is 8.00. The monoisotopic (exact) mass is 423 g/mol. The lowest BCUT2D eigenvalue weighted by molar-refractivity contribution is -0.117. The van der Waals surface area contributed by atoms with Crippen LogP contribution in [0.25, 0.3) is 0 Å². The number of sulfonamides is 1. The van der Waals surface area contributed by atoms with E-state index in [0.29, 0.717) is 30.3 Å². The van der Waals surface area contributed by atoms with Crippen molar-refractivity contribution in [3.63, 3.8) is 0 Å². The number of nitrogens with zero attached hydrogens (tertiary/aromatic N) is 2. The Bertz CT molecular complexity index is 914. The SMILES string of the molecule is CCN(CC)S(=O)(=O)c1cccc(NC(=O)CN(C)Cc2cccc(Cl)c2)c1. The first-order valence-electron chi connectivity index (χ1n) is 9.09. The first-order chi connectivity index (χ1) is 13.3. The fraction of sp³-hybridized carbons (Fsp3) is 0.350. The molecule has 28 heavy (non-hydrogen) atoms. The third-order valence-corrected chi connectivity index (χ3v) is 6.50. The number of nitrogens with one attached hydrogen (secondary N) is 1. The van der Waals surface area contributed by atoms with Crippen molar-refractivity contribution < 1.29 is 13.2 Å². The zero-order chi connectivity index (χ0) is 20.7. The van der Waals surface area contributed by atoms with Crippen molar-refractivity contribution in [1.82, 2.24) is 9.21 Å². The van der Waals surface area contributed by atoms with Crippen LogP contribution in [-0.4, -0.2) is 50.2 Å². The summed E-state index contributed by atoms with van der Waals surface area (Å²) in [6.07, 6.45) is 0. The lowest BCUT2D eigenvalue weighted by Gasteiger charge is -2.19. The molecule has 0 bridgehead atoms. The molecule has 0 aromatic heterocycles. The fourth-order valence-electron chi connectivity index (χ4n) is 2.90. The summed E-state index contributed by atoms with van der Waals surface area (Å²) in [4.78, 5) is 14.4. The summed E-state index contributed by atoms with van der Waals surface area (Å²) >= 11 is 5.99. The lowest BCUT2D eigenvalue weighted by atomic mass is 10.2. The molecular weight excluding hydrogens is 398 g/mol. The van der Waals surface area contributed by atoms with Gasteiger partial charge in [0.25, 0.3) is 0 Å². The van der Waals surface area contributed by atoms with Crippen LogP contribution in [0.3, 0.4) is 0 Å². The van der Waals surface area contributed by atoms with Crippen molar-refractivity contribution >= 4 is 33.2 Å². The molecule has 8 heteroatoms. The first kappa shape index (κ1) is 22.4. The molecule has 0 radical (unpaired) electrons. The molecule has 0 spiro atoms. The summed E-state index contributed by atoms with van der Waals surface area (Å²) in [6.45, 7) is 5.11. The van der Waals surface area contributed by atoms with Crippen molar-refractivity contribution in [2.75, 3.05) is 32.0 Å². The molecule has 0 heterocycles. The van der Waals surface area contributed by atoms with E-state index >= 15 is 0 Å². The molecule has 0 atom stereocenters. The molecule has 6 nitrogen and oxygen atoms in total. The van der Waals surface area contributed by atoms with Crippen LogP contribution in [0.5, 0.6) is 0 Å². The predicted molar refractivity (Wildman–Crippen MR) is 113 cm³/mol. The zero-order valence-corrected chi connectivity index (χ0v) is 17.9. The second-order valence-electron chi connectivity index (χ2n) is 6.47. The lowest BCUT2D eigenvalue weighted by Crippen LogP contribution is -2.31. The second-order valence-corrected chi connectivity index (χ2v) is 8.84. The number of rotatable bonds is 9. The highest BCUT2D eigenvalue weighted by atomic mass is 35.5. The van der Waals surface area contributed by atoms with Gasteiger partial charge in [-0.1, -0.05) is 43.6 Å². The van der Waals surface area contributed by atoms with Crippen molar-refractivity contribution in [1.29, 1.82) is 0 Å². The number of hydrogen-bond donors (Lipinski definition) is 1. The molecule has 152 valence electrons. The summed E-state index contributed by atoms with van der Waals surface area (Å²) in [5, 5.41) is 3.42. The molecule has 0 aliphatic rings. The summed E-state index contributed by atoms with van der Waals surface area (Å²) < 4.78 is 26.7. The van der Waals surface area contributed by atoms with E-state index in [0.717, 1.165) is 5.56 Å². The normalized spacial score (nSPS) is 11.8. The smallest absolute Gasteiger partial charge is 0.243 e.